The summed E-state index contributed by atoms with van der Waals surface area (Å²) in [6.07, 6.45) is 4.10. The topological polar surface area (TPSA) is 151 Å². The summed E-state index contributed by atoms with van der Waals surface area (Å²) in [7, 11) is 0. The number of carbonyl (C=O) groups is 2. The number of hydrogen-bond donors (Lipinski definition) is 3. The number of anilines is 2. The summed E-state index contributed by atoms with van der Waals surface area (Å²) in [5, 5.41) is 10.7. The van der Waals surface area contributed by atoms with Crippen molar-refractivity contribution in [2.75, 3.05) is 51.3 Å². The molecule has 4 N–H and O–H groups in total. The summed E-state index contributed by atoms with van der Waals surface area (Å²) < 4.78 is 20.9. The summed E-state index contributed by atoms with van der Waals surface area (Å²) in [5.74, 6) is 1.30. The minimum absolute atomic E-state index is 0.294. The highest BCUT2D eigenvalue weighted by Crippen LogP contribution is 2.32. The molecule has 0 unspecified atom stereocenters. The maximum Gasteiger partial charge on any atom is 0.407 e. The molecule has 13 heteroatoms. The third-order valence-electron chi connectivity index (χ3n) is 6.73. The van der Waals surface area contributed by atoms with Gasteiger partial charge in [-0.25, -0.2) is 14.5 Å². The van der Waals surface area contributed by atoms with Crippen LogP contribution in [0.3, 0.4) is 0 Å². The van der Waals surface area contributed by atoms with E-state index in [0.29, 0.717) is 49.0 Å². The van der Waals surface area contributed by atoms with Crippen molar-refractivity contribution in [1.29, 1.82) is 0 Å². The average Bonchev–Trinajstić information content (AvgIpc) is 3.49. The number of imidazole rings is 1. The van der Waals surface area contributed by atoms with Crippen molar-refractivity contribution in [2.24, 2.45) is 5.73 Å². The number of rotatable bonds is 13. The number of nitrogens with two attached hydrogens (primary N) is 1. The first-order valence-corrected chi connectivity index (χ1v) is 14.7. The number of nitrogens with zero attached hydrogens (tertiary/aromatic N) is 5. The summed E-state index contributed by atoms with van der Waals surface area (Å²) in [6, 6.07) is 5.30. The molecule has 0 spiro atoms. The number of alkyl carbamates (subject to hydrolysis) is 1. The van der Waals surface area contributed by atoms with Crippen LogP contribution in [0, 0.1) is 6.92 Å². The van der Waals surface area contributed by atoms with Crippen LogP contribution in [-0.2, 0) is 22.6 Å². The molecule has 0 atom stereocenters. The van der Waals surface area contributed by atoms with Gasteiger partial charge < -0.3 is 35.1 Å². The van der Waals surface area contributed by atoms with Gasteiger partial charge in [0.25, 0.3) is 0 Å². The van der Waals surface area contributed by atoms with Gasteiger partial charge in [0, 0.05) is 50.9 Å². The zero-order chi connectivity index (χ0) is 31.0. The van der Waals surface area contributed by atoms with Crippen LogP contribution in [0.2, 0.25) is 0 Å². The number of allylic oxidation sites excluding steroid dienone is 1. The molecule has 1 saturated heterocycles. The number of primary amides is 1. The number of fused-ring (bicyclic) bond motifs is 1. The Morgan fingerprint density at radius 2 is 1.93 bits per heavy atom. The Bertz CT molecular complexity index is 1430. The van der Waals surface area contributed by atoms with Crippen LogP contribution in [0.1, 0.15) is 50.2 Å². The van der Waals surface area contributed by atoms with E-state index in [-0.39, 0.29) is 0 Å². The number of amides is 2. The number of aromatic nitrogens is 4. The highest BCUT2D eigenvalue weighted by atomic mass is 16.6. The average molecular weight is 597 g/mol. The molecule has 1 aliphatic rings. The SMILES string of the molecule is CCn1nc(C)cc1Nc1nc2cc(C(N)=O)cc(OCCCN3CCOCC3)c2n1C/C=C/CNC(=O)OC(C)(C)C. The molecule has 1 fully saturated rings. The van der Waals surface area contributed by atoms with Gasteiger partial charge >= 0.3 is 6.09 Å². The molecule has 2 amide bonds. The second kappa shape index (κ2) is 14.4. The van der Waals surface area contributed by atoms with E-state index in [0.717, 1.165) is 56.3 Å². The van der Waals surface area contributed by atoms with Crippen LogP contribution >= 0.6 is 0 Å². The van der Waals surface area contributed by atoms with Crippen LogP contribution in [0.5, 0.6) is 5.75 Å². The number of carbonyl (C=O) groups excluding carboxylic acids is 2. The van der Waals surface area contributed by atoms with Gasteiger partial charge in [0.2, 0.25) is 11.9 Å². The molecular formula is C30H44N8O5. The molecule has 0 saturated carbocycles. The molecule has 0 aliphatic carbocycles. The first kappa shape index (κ1) is 31.8. The Balaban J connectivity index is 1.61. The minimum atomic E-state index is -0.574. The Morgan fingerprint density at radius 1 is 1.16 bits per heavy atom. The minimum Gasteiger partial charge on any atom is -0.491 e. The molecule has 3 aromatic rings. The van der Waals surface area contributed by atoms with Crippen molar-refractivity contribution >= 4 is 34.8 Å². The van der Waals surface area contributed by atoms with Crippen molar-refractivity contribution in [2.45, 2.75) is 59.7 Å². The maximum absolute atomic E-state index is 12.2. The monoisotopic (exact) mass is 596 g/mol. The highest BCUT2D eigenvalue weighted by molar-refractivity contribution is 5.99. The molecule has 4 rings (SSSR count). The van der Waals surface area contributed by atoms with Crippen LogP contribution in [0.15, 0.2) is 30.4 Å². The van der Waals surface area contributed by atoms with Gasteiger partial charge in [-0.2, -0.15) is 5.10 Å². The molecule has 2 aromatic heterocycles. The summed E-state index contributed by atoms with van der Waals surface area (Å²) in [6.45, 7) is 15.4. The number of aryl methyl sites for hydroxylation is 2. The first-order chi connectivity index (χ1) is 20.5. The predicted octanol–water partition coefficient (Wildman–Crippen LogP) is 3.59. The second-order valence-corrected chi connectivity index (χ2v) is 11.4. The van der Waals surface area contributed by atoms with Gasteiger partial charge in [0.05, 0.1) is 31.0 Å². The number of hydrogen-bond acceptors (Lipinski definition) is 9. The van der Waals surface area contributed by atoms with Gasteiger partial charge in [0.15, 0.2) is 0 Å². The molecule has 1 aromatic carbocycles. The molecular weight excluding hydrogens is 552 g/mol. The first-order valence-electron chi connectivity index (χ1n) is 14.7. The fraction of sp³-hybridized carbons (Fsp3) is 0.533. The smallest absolute Gasteiger partial charge is 0.407 e. The van der Waals surface area contributed by atoms with E-state index in [4.69, 9.17) is 24.9 Å². The lowest BCUT2D eigenvalue weighted by Crippen LogP contribution is -2.37. The van der Waals surface area contributed by atoms with Gasteiger partial charge in [-0.1, -0.05) is 12.2 Å². The second-order valence-electron chi connectivity index (χ2n) is 11.4. The fourth-order valence-corrected chi connectivity index (χ4v) is 4.77. The van der Waals surface area contributed by atoms with Crippen LogP contribution < -0.4 is 21.1 Å². The van der Waals surface area contributed by atoms with E-state index in [1.54, 1.807) is 12.1 Å². The molecule has 0 radical (unpaired) electrons. The van der Waals surface area contributed by atoms with E-state index < -0.39 is 17.6 Å². The Kier molecular flexibility index (Phi) is 10.6. The molecule has 0 bridgehead atoms. The molecule has 234 valence electrons. The number of benzene rings is 1. The van der Waals surface area contributed by atoms with E-state index in [9.17, 15) is 9.59 Å². The Morgan fingerprint density at radius 3 is 2.63 bits per heavy atom. The largest absolute Gasteiger partial charge is 0.491 e. The molecule has 13 nitrogen and oxygen atoms in total. The van der Waals surface area contributed by atoms with Gasteiger partial charge in [-0.05, 0) is 53.2 Å². The van der Waals surface area contributed by atoms with Crippen LogP contribution in [0.4, 0.5) is 16.6 Å². The van der Waals surface area contributed by atoms with E-state index in [1.807, 2.05) is 62.1 Å². The third-order valence-corrected chi connectivity index (χ3v) is 6.73. The third kappa shape index (κ3) is 8.94. The van der Waals surface area contributed by atoms with Gasteiger partial charge in [-0.15, -0.1) is 0 Å². The summed E-state index contributed by atoms with van der Waals surface area (Å²) in [5.41, 5.74) is 7.60. The predicted molar refractivity (Wildman–Crippen MR) is 165 cm³/mol. The highest BCUT2D eigenvalue weighted by Gasteiger charge is 2.20. The lowest BCUT2D eigenvalue weighted by Gasteiger charge is -2.26. The van der Waals surface area contributed by atoms with Crippen molar-refractivity contribution in [3.05, 3.63) is 41.6 Å². The number of ether oxygens (including phenoxy) is 3. The van der Waals surface area contributed by atoms with Crippen molar-refractivity contribution in [3.8, 4) is 5.75 Å². The standard InChI is InChI=1S/C30H44N8O5/c1-6-38-25(18-21(2)35-38)34-28-33-23-19-22(27(31)39)20-24(42-15-9-11-36-13-16-41-17-14-36)26(23)37(28)12-8-7-10-32-29(40)43-30(3,4)5/h7-8,18-20H,6,9-17H2,1-5H3,(H2,31,39)(H,32,40)(H,33,34)/b8-7+. The van der Waals surface area contributed by atoms with Crippen LogP contribution in [-0.4, -0.2) is 87.8 Å². The van der Waals surface area contributed by atoms with Crippen molar-refractivity contribution < 1.29 is 23.8 Å². The number of nitrogens with one attached hydrogen (secondary N) is 2. The van der Waals surface area contributed by atoms with Gasteiger partial charge in [0.1, 0.15) is 22.7 Å². The lowest BCUT2D eigenvalue weighted by molar-refractivity contribution is 0.0358. The quantitative estimate of drug-likeness (QED) is 0.199. The fourth-order valence-electron chi connectivity index (χ4n) is 4.77. The van der Waals surface area contributed by atoms with E-state index in [1.165, 1.54) is 0 Å². The van der Waals surface area contributed by atoms with Gasteiger partial charge in [-0.3, -0.25) is 9.69 Å². The van der Waals surface area contributed by atoms with Crippen molar-refractivity contribution in [3.63, 3.8) is 0 Å². The Labute approximate surface area is 252 Å². The zero-order valence-corrected chi connectivity index (χ0v) is 25.8. The van der Waals surface area contributed by atoms with E-state index >= 15 is 0 Å². The number of morpholine rings is 1. The molecule has 1 aliphatic heterocycles. The van der Waals surface area contributed by atoms with Crippen molar-refractivity contribution in [1.82, 2.24) is 29.5 Å². The molecule has 3 heterocycles. The molecule has 43 heavy (non-hydrogen) atoms. The lowest BCUT2D eigenvalue weighted by atomic mass is 10.1. The Hall–Kier alpha value is -4.10. The normalized spacial score (nSPS) is 14.3. The summed E-state index contributed by atoms with van der Waals surface area (Å²) in [4.78, 5) is 31.5. The van der Waals surface area contributed by atoms with E-state index in [2.05, 4.69) is 20.6 Å². The zero-order valence-electron chi connectivity index (χ0n) is 25.8. The maximum atomic E-state index is 12.2. The summed E-state index contributed by atoms with van der Waals surface area (Å²) >= 11 is 0. The van der Waals surface area contributed by atoms with Crippen LogP contribution in [0.25, 0.3) is 11.0 Å².